The second-order valence-electron chi connectivity index (χ2n) is 11.8. The van der Waals surface area contributed by atoms with Crippen LogP contribution in [0, 0.1) is 6.07 Å². The van der Waals surface area contributed by atoms with Crippen LogP contribution in [0.5, 0.6) is 0 Å². The Hall–Kier alpha value is -0.0888. The standard InChI is InChI=1S/C21H25.C6H16NSi.2ClH.Ti/c1-20(2,3)16-7-9-18-14(12-16)11-15-13-17(21(4,5)6)8-10-19(15)18;1-6(2,7)5-8(3)4;;;/h7-10,12H,11H2,1-6H3;7-8H,5H2,1-4H3;2*1H;/q2*-1;;;+4/p-2. The molecular weight excluding hydrogens is 485 g/mol. The Morgan fingerprint density at radius 2 is 1.38 bits per heavy atom. The van der Waals surface area contributed by atoms with E-state index in [1.807, 2.05) is 13.8 Å². The molecule has 0 saturated heterocycles. The Morgan fingerprint density at radius 1 is 0.844 bits per heavy atom. The van der Waals surface area contributed by atoms with Crippen LogP contribution in [-0.4, -0.2) is 14.3 Å². The maximum atomic E-state index is 7.50. The molecule has 5 heteroatoms. The van der Waals surface area contributed by atoms with Crippen LogP contribution in [0.1, 0.15) is 77.6 Å². The molecule has 0 aliphatic heterocycles. The van der Waals surface area contributed by atoms with Gasteiger partial charge in [-0.2, -0.15) is 23.8 Å². The Balaban J connectivity index is 0. The third kappa shape index (κ3) is 9.65. The van der Waals surface area contributed by atoms with Crippen LogP contribution in [-0.2, 0) is 39.0 Å². The third-order valence-corrected chi connectivity index (χ3v) is 7.22. The fraction of sp³-hybridized carbons (Fsp3) is 0.556. The summed E-state index contributed by atoms with van der Waals surface area (Å²) in [5.41, 5.74) is 16.0. The summed E-state index contributed by atoms with van der Waals surface area (Å²) in [6.45, 7) is 22.1. The van der Waals surface area contributed by atoms with Crippen molar-refractivity contribution in [1.29, 1.82) is 0 Å². The van der Waals surface area contributed by atoms with Gasteiger partial charge in [0.2, 0.25) is 0 Å². The van der Waals surface area contributed by atoms with E-state index in [4.69, 9.17) is 5.73 Å². The van der Waals surface area contributed by atoms with Crippen LogP contribution in [0.25, 0.3) is 16.9 Å². The third-order valence-electron chi connectivity index (χ3n) is 5.38. The van der Waals surface area contributed by atoms with Gasteiger partial charge < -0.3 is 30.5 Å². The van der Waals surface area contributed by atoms with Crippen molar-refractivity contribution >= 4 is 8.80 Å². The first-order valence-electron chi connectivity index (χ1n) is 11.0. The monoisotopic (exact) mass is 525 g/mol. The maximum Gasteiger partial charge on any atom is 4.00 e. The number of fused-ring (bicyclic) bond motifs is 3. The molecule has 0 heterocycles. The average Bonchev–Trinajstić information content (AvgIpc) is 2.88. The number of nitrogens with one attached hydrogen (secondary N) is 1. The van der Waals surface area contributed by atoms with Crippen LogP contribution >= 0.6 is 0 Å². The van der Waals surface area contributed by atoms with Gasteiger partial charge in [-0.3, -0.25) is 0 Å². The summed E-state index contributed by atoms with van der Waals surface area (Å²) in [4.78, 5) is 0. The Morgan fingerprint density at radius 3 is 1.78 bits per heavy atom. The molecular formula is C27H41Cl2NSiTi. The van der Waals surface area contributed by atoms with Gasteiger partial charge in [-0.25, -0.2) is 0 Å². The molecule has 0 spiro atoms. The van der Waals surface area contributed by atoms with Gasteiger partial charge in [0.05, 0.1) is 0 Å². The molecule has 0 bridgehead atoms. The molecule has 32 heavy (non-hydrogen) atoms. The average molecular weight is 526 g/mol. The fourth-order valence-corrected chi connectivity index (χ4v) is 6.09. The summed E-state index contributed by atoms with van der Waals surface area (Å²) in [5.74, 6) is 0. The molecule has 0 fully saturated rings. The van der Waals surface area contributed by atoms with E-state index >= 15 is 0 Å². The van der Waals surface area contributed by atoms with Gasteiger partial charge in [-0.15, -0.1) is 16.7 Å². The number of hydrogen-bond acceptors (Lipinski definition) is 0. The Bertz CT molecular complexity index is 798. The molecule has 2 aromatic carbocycles. The van der Waals surface area contributed by atoms with Crippen molar-refractivity contribution in [1.82, 2.24) is 0 Å². The van der Waals surface area contributed by atoms with E-state index in [1.165, 1.54) is 33.4 Å². The fourth-order valence-electron chi connectivity index (χ4n) is 4.05. The first-order valence-corrected chi connectivity index (χ1v) is 14.1. The second kappa shape index (κ2) is 12.6. The first-order chi connectivity index (χ1) is 13.1. The minimum absolute atomic E-state index is 0. The summed E-state index contributed by atoms with van der Waals surface area (Å²) in [6.07, 6.45) is 1.03. The Labute approximate surface area is 227 Å². The van der Waals surface area contributed by atoms with Gasteiger partial charge in [-0.05, 0) is 28.4 Å². The summed E-state index contributed by atoms with van der Waals surface area (Å²) >= 11 is 0. The van der Waals surface area contributed by atoms with Gasteiger partial charge >= 0.3 is 21.7 Å². The van der Waals surface area contributed by atoms with E-state index in [-0.39, 0.29) is 62.9 Å². The van der Waals surface area contributed by atoms with Crippen molar-refractivity contribution in [3.8, 4) is 11.1 Å². The molecule has 2 aromatic rings. The molecule has 1 aliphatic rings. The molecule has 0 radical (unpaired) electrons. The molecule has 3 rings (SSSR count). The van der Waals surface area contributed by atoms with Crippen molar-refractivity contribution in [2.24, 2.45) is 0 Å². The minimum Gasteiger partial charge on any atom is -1.00 e. The summed E-state index contributed by atoms with van der Waals surface area (Å²) in [5, 5.41) is 0. The zero-order chi connectivity index (χ0) is 22.2. The zero-order valence-corrected chi connectivity index (χ0v) is 25.9. The molecule has 1 aliphatic carbocycles. The second-order valence-corrected chi connectivity index (χ2v) is 15.0. The van der Waals surface area contributed by atoms with Crippen LogP contribution in [0.4, 0.5) is 0 Å². The summed E-state index contributed by atoms with van der Waals surface area (Å²) < 4.78 is 0. The molecule has 0 amide bonds. The summed E-state index contributed by atoms with van der Waals surface area (Å²) in [7, 11) is -0.483. The van der Waals surface area contributed by atoms with Gasteiger partial charge in [0.25, 0.3) is 0 Å². The normalized spacial score (nSPS) is 12.4. The van der Waals surface area contributed by atoms with Crippen molar-refractivity contribution in [3.63, 3.8) is 0 Å². The van der Waals surface area contributed by atoms with E-state index in [0.717, 1.165) is 12.5 Å². The van der Waals surface area contributed by atoms with Crippen molar-refractivity contribution in [3.05, 3.63) is 64.4 Å². The van der Waals surface area contributed by atoms with Crippen molar-refractivity contribution < 1.29 is 46.5 Å². The Kier molecular flexibility index (Phi) is 13.4. The van der Waals surface area contributed by atoms with E-state index in [0.29, 0.717) is 0 Å². The number of benzene rings is 2. The van der Waals surface area contributed by atoms with Crippen molar-refractivity contribution in [2.45, 2.75) is 97.3 Å². The van der Waals surface area contributed by atoms with Gasteiger partial charge in [-0.1, -0.05) is 98.3 Å². The molecule has 1 nitrogen and oxygen atoms in total. The van der Waals surface area contributed by atoms with Crippen LogP contribution in [0.3, 0.4) is 0 Å². The number of rotatable bonds is 2. The minimum atomic E-state index is -0.483. The van der Waals surface area contributed by atoms with Crippen LogP contribution < -0.4 is 24.8 Å². The molecule has 0 aromatic heterocycles. The quantitative estimate of drug-likeness (QED) is 0.361. The topological polar surface area (TPSA) is 23.8 Å². The van der Waals surface area contributed by atoms with E-state index in [2.05, 4.69) is 91.0 Å². The van der Waals surface area contributed by atoms with Gasteiger partial charge in [0, 0.05) is 8.80 Å². The number of hydrogen-bond donors (Lipinski definition) is 0. The molecule has 1 N–H and O–H groups in total. The smallest absolute Gasteiger partial charge is 1.00 e. The van der Waals surface area contributed by atoms with Crippen LogP contribution in [0.2, 0.25) is 19.1 Å². The molecule has 0 atom stereocenters. The zero-order valence-electron chi connectivity index (χ0n) is 21.6. The van der Waals surface area contributed by atoms with Gasteiger partial charge in [0.15, 0.2) is 0 Å². The predicted molar refractivity (Wildman–Crippen MR) is 133 cm³/mol. The predicted octanol–water partition coefficient (Wildman–Crippen LogP) is 1.96. The SMILES string of the molecule is CC(C)(C)c1[c-]c2c(cc1)-c1ccc(C(C)(C)C)cc1C2.C[SiH](C)CC(C)(C)[NH-].[Cl-].[Cl-].[Ti+4]. The number of halogens is 2. The molecule has 0 saturated carbocycles. The summed E-state index contributed by atoms with van der Waals surface area (Å²) in [6, 6.07) is 16.3. The first kappa shape index (κ1) is 34.1. The molecule has 176 valence electrons. The van der Waals surface area contributed by atoms with Gasteiger partial charge in [0.1, 0.15) is 0 Å². The maximum absolute atomic E-state index is 7.50. The van der Waals surface area contributed by atoms with E-state index in [1.54, 1.807) is 0 Å². The van der Waals surface area contributed by atoms with E-state index < -0.39 is 8.80 Å². The van der Waals surface area contributed by atoms with Crippen LogP contribution in [0.15, 0.2) is 30.3 Å². The van der Waals surface area contributed by atoms with E-state index in [9.17, 15) is 0 Å². The van der Waals surface area contributed by atoms with Crippen molar-refractivity contribution in [2.75, 3.05) is 0 Å². The molecule has 0 unspecified atom stereocenters. The largest absolute Gasteiger partial charge is 4.00 e.